The van der Waals surface area contributed by atoms with Crippen molar-refractivity contribution in [3.8, 4) is 11.5 Å². The van der Waals surface area contributed by atoms with E-state index in [1.54, 1.807) is 52.8 Å². The fourth-order valence-electron chi connectivity index (χ4n) is 4.43. The number of carbonyl (C=O) groups is 3. The van der Waals surface area contributed by atoms with Gasteiger partial charge in [0.15, 0.2) is 11.5 Å². The molecule has 1 aliphatic heterocycles. The van der Waals surface area contributed by atoms with Gasteiger partial charge in [0.2, 0.25) is 6.79 Å². The third kappa shape index (κ3) is 8.61. The van der Waals surface area contributed by atoms with E-state index in [2.05, 4.69) is 12.2 Å². The molecule has 1 aromatic carbocycles. The molecule has 0 saturated heterocycles. The first kappa shape index (κ1) is 30.2. The van der Waals surface area contributed by atoms with Crippen LogP contribution in [-0.2, 0) is 22.6 Å². The summed E-state index contributed by atoms with van der Waals surface area (Å²) in [6, 6.07) is 11.3. The average Bonchev–Trinajstić information content (AvgIpc) is 3.75. The zero-order valence-corrected chi connectivity index (χ0v) is 24.7. The molecule has 0 spiro atoms. The third-order valence-electron chi connectivity index (χ3n) is 6.75. The lowest BCUT2D eigenvalue weighted by molar-refractivity contribution is -0.137. The number of urea groups is 1. The maximum atomic E-state index is 13.4. The minimum Gasteiger partial charge on any atom is -0.481 e. The Morgan fingerprint density at radius 2 is 1.73 bits per heavy atom. The van der Waals surface area contributed by atoms with Crippen LogP contribution in [0.1, 0.15) is 54.0 Å². The zero-order chi connectivity index (χ0) is 29.2. The summed E-state index contributed by atoms with van der Waals surface area (Å²) in [5.74, 6) is 0.0199. The van der Waals surface area contributed by atoms with Crippen LogP contribution in [0.15, 0.2) is 53.2 Å². The van der Waals surface area contributed by atoms with Gasteiger partial charge in [0.25, 0.3) is 0 Å². The number of rotatable bonds is 14. The number of hydrogen-bond acceptors (Lipinski definition) is 8. The van der Waals surface area contributed by atoms with Crippen LogP contribution in [-0.4, -0.2) is 59.5 Å². The highest BCUT2D eigenvalue weighted by Gasteiger charge is 2.27. The van der Waals surface area contributed by atoms with Crippen molar-refractivity contribution in [1.29, 1.82) is 0 Å². The molecule has 0 aliphatic carbocycles. The van der Waals surface area contributed by atoms with Crippen molar-refractivity contribution in [3.05, 3.63) is 68.5 Å². The smallest absolute Gasteiger partial charge is 0.410 e. The van der Waals surface area contributed by atoms with E-state index >= 15 is 0 Å². The molecular formula is C29H35N3O7S2. The van der Waals surface area contributed by atoms with Crippen LogP contribution in [0, 0.1) is 0 Å². The van der Waals surface area contributed by atoms with Crippen molar-refractivity contribution in [2.24, 2.45) is 0 Å². The van der Waals surface area contributed by atoms with Crippen LogP contribution >= 0.6 is 22.7 Å². The minimum atomic E-state index is -1.05. The maximum absolute atomic E-state index is 13.4. The van der Waals surface area contributed by atoms with Gasteiger partial charge in [-0.15, -0.1) is 22.7 Å². The molecule has 10 nitrogen and oxygen atoms in total. The zero-order valence-electron chi connectivity index (χ0n) is 23.1. The number of unbranched alkanes of at least 4 members (excludes halogenated alkanes) is 1. The summed E-state index contributed by atoms with van der Waals surface area (Å²) in [4.78, 5) is 43.5. The first-order valence-electron chi connectivity index (χ1n) is 13.4. The Morgan fingerprint density at radius 3 is 2.34 bits per heavy atom. The molecule has 2 aromatic heterocycles. The van der Waals surface area contributed by atoms with Gasteiger partial charge in [-0.1, -0.05) is 38.0 Å². The molecule has 0 saturated carbocycles. The Balaban J connectivity index is 1.42. The molecule has 0 radical (unpaired) electrons. The van der Waals surface area contributed by atoms with Crippen molar-refractivity contribution in [3.63, 3.8) is 0 Å². The van der Waals surface area contributed by atoms with Crippen molar-refractivity contribution >= 4 is 40.8 Å². The topological polar surface area (TPSA) is 118 Å². The van der Waals surface area contributed by atoms with Crippen molar-refractivity contribution < 1.29 is 33.7 Å². The number of nitrogens with zero attached hydrogens (tertiary/aromatic N) is 2. The van der Waals surface area contributed by atoms with Gasteiger partial charge in [0, 0.05) is 16.8 Å². The highest BCUT2D eigenvalue weighted by atomic mass is 32.1. The van der Waals surface area contributed by atoms with Crippen LogP contribution in [0.4, 0.5) is 9.59 Å². The van der Waals surface area contributed by atoms with E-state index in [9.17, 15) is 19.5 Å². The van der Waals surface area contributed by atoms with Crippen molar-refractivity contribution in [1.82, 2.24) is 15.1 Å². The van der Waals surface area contributed by atoms with Gasteiger partial charge in [-0.3, -0.25) is 9.69 Å². The highest BCUT2D eigenvalue weighted by molar-refractivity contribution is 7.10. The third-order valence-corrected chi connectivity index (χ3v) is 8.47. The van der Waals surface area contributed by atoms with E-state index in [1.165, 1.54) is 4.90 Å². The number of thiophene rings is 2. The lowest BCUT2D eigenvalue weighted by Crippen LogP contribution is -2.47. The van der Waals surface area contributed by atoms with Crippen molar-refractivity contribution in [2.45, 2.75) is 57.8 Å². The summed E-state index contributed by atoms with van der Waals surface area (Å²) in [5.41, 5.74) is 0.590. The number of hydrogen-bond donors (Lipinski definition) is 2. The molecule has 41 heavy (non-hydrogen) atoms. The Labute approximate surface area is 247 Å². The number of nitrogens with one attached hydrogen (secondary N) is 1. The van der Waals surface area contributed by atoms with E-state index in [-0.39, 0.29) is 19.8 Å². The van der Waals surface area contributed by atoms with Gasteiger partial charge < -0.3 is 29.5 Å². The summed E-state index contributed by atoms with van der Waals surface area (Å²) in [6.07, 6.45) is 1.59. The molecule has 3 aromatic rings. The number of carboxylic acids is 1. The van der Waals surface area contributed by atoms with E-state index in [0.29, 0.717) is 36.6 Å². The van der Waals surface area contributed by atoms with Crippen LogP contribution in [0.25, 0.3) is 0 Å². The maximum Gasteiger partial charge on any atom is 0.410 e. The first-order chi connectivity index (χ1) is 19.8. The molecule has 3 heterocycles. The summed E-state index contributed by atoms with van der Waals surface area (Å²) in [7, 11) is 1.63. The number of fused-ring (bicyclic) bond motifs is 1. The predicted octanol–water partition coefficient (Wildman–Crippen LogP) is 6.09. The second-order valence-corrected chi connectivity index (χ2v) is 11.8. The number of aliphatic carboxylic acids is 1. The summed E-state index contributed by atoms with van der Waals surface area (Å²) in [5, 5.41) is 16.3. The van der Waals surface area contributed by atoms with E-state index in [4.69, 9.17) is 14.2 Å². The number of benzene rings is 1. The molecule has 0 unspecified atom stereocenters. The molecule has 0 bridgehead atoms. The Morgan fingerprint density at radius 1 is 1.05 bits per heavy atom. The fraction of sp³-hybridized carbons (Fsp3) is 0.414. The molecule has 2 atom stereocenters. The molecule has 1 aliphatic rings. The van der Waals surface area contributed by atoms with Gasteiger partial charge in [-0.25, -0.2) is 9.59 Å². The summed E-state index contributed by atoms with van der Waals surface area (Å²) < 4.78 is 16.6. The predicted molar refractivity (Wildman–Crippen MR) is 156 cm³/mol. The molecule has 3 amide bonds. The average molecular weight is 602 g/mol. The molecular weight excluding hydrogens is 566 g/mol. The van der Waals surface area contributed by atoms with Gasteiger partial charge in [0.05, 0.1) is 31.6 Å². The van der Waals surface area contributed by atoms with Gasteiger partial charge >= 0.3 is 18.1 Å². The molecule has 2 N–H and O–H groups in total. The minimum absolute atomic E-state index is 0.0156. The number of likely N-dealkylation sites (N-methyl/N-ethyl adjacent to an activating group) is 1. The number of carbonyl (C=O) groups excluding carboxylic acids is 2. The Hall–Kier alpha value is -3.77. The number of amides is 3. The SMILES string of the molecule is CCCC[C@@H](COC(=O)N(Cc1cccs1)Cc1cccs1)N(C)C(=O)N[C@@H](CC(=O)O)c1ccc2c(c1)OCO2. The highest BCUT2D eigenvalue weighted by Crippen LogP contribution is 2.35. The van der Waals surface area contributed by atoms with Crippen molar-refractivity contribution in [2.75, 3.05) is 20.4 Å². The van der Waals surface area contributed by atoms with Gasteiger partial charge in [-0.05, 0) is 47.0 Å². The van der Waals surface area contributed by atoms with Crippen LogP contribution in [0.5, 0.6) is 11.5 Å². The largest absolute Gasteiger partial charge is 0.481 e. The Kier molecular flexibility index (Phi) is 10.9. The number of carboxylic acid groups (broad SMARTS) is 1. The van der Waals surface area contributed by atoms with Gasteiger partial charge in [-0.2, -0.15) is 0 Å². The second kappa shape index (κ2) is 14.7. The van der Waals surface area contributed by atoms with E-state index < -0.39 is 30.2 Å². The van der Waals surface area contributed by atoms with Gasteiger partial charge in [0.1, 0.15) is 6.61 Å². The molecule has 12 heteroatoms. The summed E-state index contributed by atoms with van der Waals surface area (Å²) >= 11 is 3.15. The van der Waals surface area contributed by atoms with Crippen LogP contribution < -0.4 is 14.8 Å². The first-order valence-corrected chi connectivity index (χ1v) is 15.2. The lowest BCUT2D eigenvalue weighted by atomic mass is 10.0. The monoisotopic (exact) mass is 601 g/mol. The molecule has 0 fully saturated rings. The van der Waals surface area contributed by atoms with Crippen LogP contribution in [0.3, 0.4) is 0 Å². The standard InChI is InChI=1S/C29H35N3O7S2/c1-3-4-7-21(18-37-29(36)32(16-22-8-5-12-40-22)17-23-9-6-13-41-23)31(2)28(35)30-24(15-27(33)34)20-10-11-25-26(14-20)39-19-38-25/h5-6,8-14,21,24H,3-4,7,15-19H2,1-2H3,(H,30,35)(H,33,34)/t21-,24-/m0/s1. The Bertz CT molecular complexity index is 1250. The van der Waals surface area contributed by atoms with E-state index in [0.717, 1.165) is 22.6 Å². The number of ether oxygens (including phenoxy) is 3. The quantitative estimate of drug-likeness (QED) is 0.230. The van der Waals surface area contributed by atoms with E-state index in [1.807, 2.05) is 35.0 Å². The van der Waals surface area contributed by atoms with Crippen LogP contribution in [0.2, 0.25) is 0 Å². The fourth-order valence-corrected chi connectivity index (χ4v) is 5.87. The normalized spacial score (nSPS) is 13.3. The lowest BCUT2D eigenvalue weighted by Gasteiger charge is -2.31. The second-order valence-electron chi connectivity index (χ2n) is 9.71. The molecule has 220 valence electrons. The molecule has 4 rings (SSSR count). The summed E-state index contributed by atoms with van der Waals surface area (Å²) in [6.45, 7) is 3.01.